The van der Waals surface area contributed by atoms with Crippen molar-refractivity contribution in [2.24, 2.45) is 0 Å². The van der Waals surface area contributed by atoms with E-state index in [2.05, 4.69) is 5.32 Å². The third-order valence-corrected chi connectivity index (χ3v) is 5.13. The smallest absolute Gasteiger partial charge is 0.293 e. The van der Waals surface area contributed by atoms with Gasteiger partial charge in [0.2, 0.25) is 5.91 Å². The molecule has 144 valence electrons. The fraction of sp³-hybridized carbons (Fsp3) is 0.300. The van der Waals surface area contributed by atoms with Crippen molar-refractivity contribution < 1.29 is 14.5 Å². The summed E-state index contributed by atoms with van der Waals surface area (Å²) in [6.45, 7) is 1.42. The SMILES string of the molecule is O=C1CN(C(=O)c2ccc(N3CCCCC3)c([N+](=O)[O-])c2)c2ccccc2N1. The molecule has 0 bridgehead atoms. The molecule has 0 radical (unpaired) electrons. The highest BCUT2D eigenvalue weighted by atomic mass is 16.6. The standard InChI is InChI=1S/C20H20N4O4/c25-19-13-23(16-7-3-2-6-15(16)21-19)20(26)14-8-9-17(18(12-14)24(27)28)22-10-4-1-5-11-22/h2-3,6-9,12H,1,4-5,10-11,13H2,(H,21,25). The van der Waals surface area contributed by atoms with Gasteiger partial charge in [-0.25, -0.2) is 0 Å². The van der Waals surface area contributed by atoms with Gasteiger partial charge < -0.3 is 10.2 Å². The topological polar surface area (TPSA) is 95.8 Å². The van der Waals surface area contributed by atoms with Crippen LogP contribution in [-0.2, 0) is 4.79 Å². The van der Waals surface area contributed by atoms with Crippen LogP contribution in [0, 0.1) is 10.1 Å². The number of anilines is 3. The highest BCUT2D eigenvalue weighted by molar-refractivity contribution is 6.15. The minimum absolute atomic E-state index is 0.0810. The number of nitrogens with one attached hydrogen (secondary N) is 1. The second-order valence-electron chi connectivity index (χ2n) is 6.96. The number of nitro benzene ring substituents is 1. The zero-order chi connectivity index (χ0) is 19.7. The largest absolute Gasteiger partial charge is 0.366 e. The van der Waals surface area contributed by atoms with Crippen molar-refractivity contribution in [1.29, 1.82) is 0 Å². The van der Waals surface area contributed by atoms with Crippen LogP contribution < -0.4 is 15.1 Å². The van der Waals surface area contributed by atoms with E-state index in [1.54, 1.807) is 36.4 Å². The maximum absolute atomic E-state index is 13.1. The Balaban J connectivity index is 1.69. The Morgan fingerprint density at radius 2 is 1.79 bits per heavy atom. The van der Waals surface area contributed by atoms with Crippen molar-refractivity contribution in [1.82, 2.24) is 0 Å². The number of fused-ring (bicyclic) bond motifs is 1. The maximum atomic E-state index is 13.1. The molecule has 0 aliphatic carbocycles. The minimum Gasteiger partial charge on any atom is -0.366 e. The van der Waals surface area contributed by atoms with Crippen molar-refractivity contribution in [3.05, 3.63) is 58.1 Å². The molecule has 0 aromatic heterocycles. The molecule has 8 heteroatoms. The number of rotatable bonds is 3. The van der Waals surface area contributed by atoms with Crippen molar-refractivity contribution >= 4 is 34.6 Å². The van der Waals surface area contributed by atoms with E-state index in [1.807, 2.05) is 4.90 Å². The lowest BCUT2D eigenvalue weighted by Crippen LogP contribution is -2.42. The molecular weight excluding hydrogens is 360 g/mol. The molecule has 8 nitrogen and oxygen atoms in total. The molecule has 2 aliphatic rings. The van der Waals surface area contributed by atoms with Crippen LogP contribution in [0.5, 0.6) is 0 Å². The second kappa shape index (κ2) is 7.30. The summed E-state index contributed by atoms with van der Waals surface area (Å²) in [5, 5.41) is 14.4. The summed E-state index contributed by atoms with van der Waals surface area (Å²) < 4.78 is 0. The first kappa shape index (κ1) is 18.0. The quantitative estimate of drug-likeness (QED) is 0.652. The predicted molar refractivity (Wildman–Crippen MR) is 106 cm³/mol. The van der Waals surface area contributed by atoms with E-state index >= 15 is 0 Å². The van der Waals surface area contributed by atoms with Crippen molar-refractivity contribution in [2.45, 2.75) is 19.3 Å². The van der Waals surface area contributed by atoms with Gasteiger partial charge in [0.15, 0.2) is 0 Å². The molecular formula is C20H20N4O4. The van der Waals surface area contributed by atoms with E-state index in [0.717, 1.165) is 32.4 Å². The number of hydrogen-bond donors (Lipinski definition) is 1. The first-order chi connectivity index (χ1) is 13.5. The number of carbonyl (C=O) groups is 2. The fourth-order valence-electron chi connectivity index (χ4n) is 3.78. The molecule has 0 saturated carbocycles. The van der Waals surface area contributed by atoms with E-state index in [-0.39, 0.29) is 23.7 Å². The van der Waals surface area contributed by atoms with Gasteiger partial charge >= 0.3 is 0 Å². The van der Waals surface area contributed by atoms with Crippen molar-refractivity contribution in [3.63, 3.8) is 0 Å². The summed E-state index contributed by atoms with van der Waals surface area (Å²) >= 11 is 0. The van der Waals surface area contributed by atoms with Crippen LogP contribution in [0.15, 0.2) is 42.5 Å². The Bertz CT molecular complexity index is 953. The maximum Gasteiger partial charge on any atom is 0.293 e. The van der Waals surface area contributed by atoms with Gasteiger partial charge in [-0.15, -0.1) is 0 Å². The van der Waals surface area contributed by atoms with Crippen LogP contribution in [0.1, 0.15) is 29.6 Å². The summed E-state index contributed by atoms with van der Waals surface area (Å²) in [5.74, 6) is -0.734. The Hall–Kier alpha value is -3.42. The summed E-state index contributed by atoms with van der Waals surface area (Å²) in [5.41, 5.74) is 1.78. The van der Waals surface area contributed by atoms with Crippen LogP contribution in [0.4, 0.5) is 22.7 Å². The number of hydrogen-bond acceptors (Lipinski definition) is 5. The van der Waals surface area contributed by atoms with Crippen LogP contribution >= 0.6 is 0 Å². The zero-order valence-corrected chi connectivity index (χ0v) is 15.3. The van der Waals surface area contributed by atoms with Crippen LogP contribution in [-0.4, -0.2) is 36.4 Å². The lowest BCUT2D eigenvalue weighted by Gasteiger charge is -2.30. The summed E-state index contributed by atoms with van der Waals surface area (Å²) in [4.78, 5) is 39.6. The van der Waals surface area contributed by atoms with Gasteiger partial charge in [-0.1, -0.05) is 12.1 Å². The van der Waals surface area contributed by atoms with Crippen LogP contribution in [0.3, 0.4) is 0 Å². The van der Waals surface area contributed by atoms with Crippen LogP contribution in [0.25, 0.3) is 0 Å². The molecule has 1 fully saturated rings. The first-order valence-corrected chi connectivity index (χ1v) is 9.29. The van der Waals surface area contributed by atoms with Gasteiger partial charge in [0.25, 0.3) is 11.6 Å². The third kappa shape index (κ3) is 3.28. The Kier molecular flexibility index (Phi) is 4.68. The Labute approximate surface area is 161 Å². The van der Waals surface area contributed by atoms with Gasteiger partial charge in [-0.05, 0) is 43.5 Å². The lowest BCUT2D eigenvalue weighted by molar-refractivity contribution is -0.384. The average molecular weight is 380 g/mol. The number of benzene rings is 2. The van der Waals surface area contributed by atoms with Crippen molar-refractivity contribution in [2.75, 3.05) is 34.8 Å². The predicted octanol–water partition coefficient (Wildman–Crippen LogP) is 3.18. The molecule has 2 heterocycles. The van der Waals surface area contributed by atoms with Crippen molar-refractivity contribution in [3.8, 4) is 0 Å². The Morgan fingerprint density at radius 1 is 1.04 bits per heavy atom. The fourth-order valence-corrected chi connectivity index (χ4v) is 3.78. The number of nitro groups is 1. The van der Waals surface area contributed by atoms with Gasteiger partial charge in [0, 0.05) is 24.7 Å². The third-order valence-electron chi connectivity index (χ3n) is 5.13. The highest BCUT2D eigenvalue weighted by Crippen LogP contribution is 2.34. The number of amides is 2. The Morgan fingerprint density at radius 3 is 2.54 bits per heavy atom. The zero-order valence-electron chi connectivity index (χ0n) is 15.3. The van der Waals surface area contributed by atoms with Gasteiger partial charge in [0.1, 0.15) is 12.2 Å². The molecule has 2 amide bonds. The molecule has 1 saturated heterocycles. The average Bonchev–Trinajstić information content (AvgIpc) is 2.72. The first-order valence-electron chi connectivity index (χ1n) is 9.29. The molecule has 28 heavy (non-hydrogen) atoms. The lowest BCUT2D eigenvalue weighted by atomic mass is 10.1. The van der Waals surface area contributed by atoms with Crippen LogP contribution in [0.2, 0.25) is 0 Å². The molecule has 2 aromatic carbocycles. The summed E-state index contributed by atoms with van der Waals surface area (Å²) in [6, 6.07) is 11.6. The molecule has 0 spiro atoms. The van der Waals surface area contributed by atoms with E-state index in [0.29, 0.717) is 17.1 Å². The normalized spacial score (nSPS) is 16.4. The van der Waals surface area contributed by atoms with E-state index in [1.165, 1.54) is 11.0 Å². The number of carbonyl (C=O) groups excluding carboxylic acids is 2. The summed E-state index contributed by atoms with van der Waals surface area (Å²) in [7, 11) is 0. The molecule has 4 rings (SSSR count). The molecule has 0 unspecified atom stereocenters. The molecule has 2 aliphatic heterocycles. The number of piperidine rings is 1. The molecule has 2 aromatic rings. The minimum atomic E-state index is -0.447. The molecule has 1 N–H and O–H groups in total. The van der Waals surface area contributed by atoms with E-state index in [9.17, 15) is 19.7 Å². The number of nitrogens with zero attached hydrogens (tertiary/aromatic N) is 3. The highest BCUT2D eigenvalue weighted by Gasteiger charge is 2.29. The van der Waals surface area contributed by atoms with Gasteiger partial charge in [-0.2, -0.15) is 0 Å². The second-order valence-corrected chi connectivity index (χ2v) is 6.96. The summed E-state index contributed by atoms with van der Waals surface area (Å²) in [6.07, 6.45) is 3.12. The monoisotopic (exact) mass is 380 g/mol. The van der Waals surface area contributed by atoms with E-state index < -0.39 is 10.8 Å². The van der Waals surface area contributed by atoms with Gasteiger partial charge in [-0.3, -0.25) is 24.6 Å². The number of para-hydroxylation sites is 2. The van der Waals surface area contributed by atoms with Gasteiger partial charge in [0.05, 0.1) is 16.3 Å². The molecule has 0 atom stereocenters. The van der Waals surface area contributed by atoms with E-state index in [4.69, 9.17) is 0 Å².